The molecular weight excluding hydrogens is 236 g/mol. The molecule has 0 aliphatic rings. The maximum atomic E-state index is 11.5. The van der Waals surface area contributed by atoms with Gasteiger partial charge in [-0.15, -0.1) is 0 Å². The Bertz CT molecular complexity index is 258. The van der Waals surface area contributed by atoms with Crippen molar-refractivity contribution in [3.8, 4) is 0 Å². The number of carbonyl (C=O) groups is 2. The number of rotatable bonds is 9. The quantitative estimate of drug-likeness (QED) is 0.544. The molecule has 0 fully saturated rings. The van der Waals surface area contributed by atoms with E-state index in [1.165, 1.54) is 0 Å². The summed E-state index contributed by atoms with van der Waals surface area (Å²) in [6, 6.07) is -1.29. The molecule has 6 heteroatoms. The number of ether oxygens (including phenoxy) is 1. The van der Waals surface area contributed by atoms with Crippen LogP contribution in [-0.2, 0) is 9.53 Å². The average molecular weight is 260 g/mol. The van der Waals surface area contributed by atoms with Gasteiger partial charge in [-0.05, 0) is 19.3 Å². The SMILES string of the molecule is CCOCCCNC(=O)NC(C(=O)O)C(C)CC. The fourth-order valence-electron chi connectivity index (χ4n) is 1.40. The Hall–Kier alpha value is -1.30. The largest absolute Gasteiger partial charge is 0.480 e. The Labute approximate surface area is 108 Å². The number of carbonyl (C=O) groups excluding carboxylic acids is 1. The molecule has 0 rings (SSSR count). The van der Waals surface area contributed by atoms with E-state index in [4.69, 9.17) is 9.84 Å². The maximum Gasteiger partial charge on any atom is 0.326 e. The molecule has 0 saturated heterocycles. The molecule has 0 spiro atoms. The molecule has 106 valence electrons. The van der Waals surface area contributed by atoms with E-state index in [0.29, 0.717) is 32.6 Å². The molecule has 3 N–H and O–H groups in total. The lowest BCUT2D eigenvalue weighted by atomic mass is 9.99. The summed E-state index contributed by atoms with van der Waals surface area (Å²) >= 11 is 0. The molecule has 0 aliphatic heterocycles. The second kappa shape index (κ2) is 9.70. The topological polar surface area (TPSA) is 87.7 Å². The van der Waals surface area contributed by atoms with Crippen molar-refractivity contribution in [2.45, 2.75) is 39.7 Å². The minimum absolute atomic E-state index is 0.100. The molecule has 0 radical (unpaired) electrons. The Morgan fingerprint density at radius 3 is 2.50 bits per heavy atom. The predicted molar refractivity (Wildman–Crippen MR) is 68.5 cm³/mol. The molecular formula is C12H24N2O4. The normalized spacial score (nSPS) is 13.7. The van der Waals surface area contributed by atoms with Crippen LogP contribution in [0, 0.1) is 5.92 Å². The highest BCUT2D eigenvalue weighted by molar-refractivity contribution is 5.82. The standard InChI is InChI=1S/C12H24N2O4/c1-4-9(3)10(11(15)16)14-12(17)13-7-6-8-18-5-2/h9-10H,4-8H2,1-3H3,(H,15,16)(H2,13,14,17). The van der Waals surface area contributed by atoms with Crippen LogP contribution in [0.15, 0.2) is 0 Å². The van der Waals surface area contributed by atoms with Gasteiger partial charge in [0.1, 0.15) is 6.04 Å². The van der Waals surface area contributed by atoms with Crippen molar-refractivity contribution in [1.82, 2.24) is 10.6 Å². The van der Waals surface area contributed by atoms with Crippen molar-refractivity contribution in [2.24, 2.45) is 5.92 Å². The number of carboxylic acid groups (broad SMARTS) is 1. The van der Waals surface area contributed by atoms with Crippen LogP contribution in [0.4, 0.5) is 4.79 Å². The molecule has 0 aromatic carbocycles. The van der Waals surface area contributed by atoms with Crippen LogP contribution >= 0.6 is 0 Å². The number of urea groups is 1. The van der Waals surface area contributed by atoms with Crippen LogP contribution in [0.2, 0.25) is 0 Å². The fraction of sp³-hybridized carbons (Fsp3) is 0.833. The minimum atomic E-state index is -1.01. The fourth-order valence-corrected chi connectivity index (χ4v) is 1.40. The van der Waals surface area contributed by atoms with Crippen molar-refractivity contribution in [3.05, 3.63) is 0 Å². The molecule has 2 unspecified atom stereocenters. The first-order chi connectivity index (χ1) is 8.52. The van der Waals surface area contributed by atoms with Gasteiger partial charge < -0.3 is 20.5 Å². The Balaban J connectivity index is 3.92. The van der Waals surface area contributed by atoms with E-state index in [9.17, 15) is 9.59 Å². The van der Waals surface area contributed by atoms with Gasteiger partial charge >= 0.3 is 12.0 Å². The van der Waals surface area contributed by atoms with Crippen LogP contribution in [0.25, 0.3) is 0 Å². The highest BCUT2D eigenvalue weighted by Gasteiger charge is 2.24. The van der Waals surface area contributed by atoms with Gasteiger partial charge in [-0.3, -0.25) is 0 Å². The predicted octanol–water partition coefficient (Wildman–Crippen LogP) is 1.21. The summed E-state index contributed by atoms with van der Waals surface area (Å²) in [4.78, 5) is 22.5. The van der Waals surface area contributed by atoms with E-state index < -0.39 is 18.0 Å². The smallest absolute Gasteiger partial charge is 0.326 e. The molecule has 0 saturated carbocycles. The monoisotopic (exact) mass is 260 g/mol. The van der Waals surface area contributed by atoms with Crippen molar-refractivity contribution < 1.29 is 19.4 Å². The highest BCUT2D eigenvalue weighted by Crippen LogP contribution is 2.07. The zero-order valence-electron chi connectivity index (χ0n) is 11.4. The van der Waals surface area contributed by atoms with Crippen LogP contribution in [0.3, 0.4) is 0 Å². The van der Waals surface area contributed by atoms with Crippen LogP contribution < -0.4 is 10.6 Å². The van der Waals surface area contributed by atoms with E-state index in [1.807, 2.05) is 13.8 Å². The first-order valence-electron chi connectivity index (χ1n) is 6.37. The summed E-state index contributed by atoms with van der Waals surface area (Å²) in [7, 11) is 0. The van der Waals surface area contributed by atoms with Crippen LogP contribution in [0.5, 0.6) is 0 Å². The van der Waals surface area contributed by atoms with E-state index >= 15 is 0 Å². The third-order valence-electron chi connectivity index (χ3n) is 2.72. The van der Waals surface area contributed by atoms with Crippen molar-refractivity contribution in [2.75, 3.05) is 19.8 Å². The molecule has 18 heavy (non-hydrogen) atoms. The molecule has 0 aromatic heterocycles. The lowest BCUT2D eigenvalue weighted by Gasteiger charge is -2.20. The van der Waals surface area contributed by atoms with Gasteiger partial charge in [0.2, 0.25) is 0 Å². The van der Waals surface area contributed by atoms with Crippen molar-refractivity contribution in [3.63, 3.8) is 0 Å². The van der Waals surface area contributed by atoms with E-state index in [2.05, 4.69) is 10.6 Å². The number of nitrogens with one attached hydrogen (secondary N) is 2. The van der Waals surface area contributed by atoms with Gasteiger partial charge in [0.15, 0.2) is 0 Å². The van der Waals surface area contributed by atoms with Crippen LogP contribution in [-0.4, -0.2) is 42.9 Å². The Morgan fingerprint density at radius 2 is 2.00 bits per heavy atom. The van der Waals surface area contributed by atoms with Gasteiger partial charge in [-0.1, -0.05) is 20.3 Å². The first kappa shape index (κ1) is 16.7. The van der Waals surface area contributed by atoms with Gasteiger partial charge in [0.05, 0.1) is 0 Å². The van der Waals surface area contributed by atoms with Crippen LogP contribution in [0.1, 0.15) is 33.6 Å². The second-order valence-corrected chi connectivity index (χ2v) is 4.15. The molecule has 6 nitrogen and oxygen atoms in total. The number of amides is 2. The van der Waals surface area contributed by atoms with Crippen molar-refractivity contribution >= 4 is 12.0 Å². The van der Waals surface area contributed by atoms with Crippen molar-refractivity contribution in [1.29, 1.82) is 0 Å². The third kappa shape index (κ3) is 7.11. The summed E-state index contributed by atoms with van der Waals surface area (Å²) in [6.07, 6.45) is 1.41. The summed E-state index contributed by atoms with van der Waals surface area (Å²) in [5.74, 6) is -1.11. The third-order valence-corrected chi connectivity index (χ3v) is 2.72. The minimum Gasteiger partial charge on any atom is -0.480 e. The lowest BCUT2D eigenvalue weighted by molar-refractivity contribution is -0.140. The molecule has 0 heterocycles. The average Bonchev–Trinajstić information content (AvgIpc) is 2.34. The second-order valence-electron chi connectivity index (χ2n) is 4.15. The van der Waals surface area contributed by atoms with E-state index in [0.717, 1.165) is 0 Å². The summed E-state index contributed by atoms with van der Waals surface area (Å²) in [5, 5.41) is 14.1. The first-order valence-corrected chi connectivity index (χ1v) is 6.37. The lowest BCUT2D eigenvalue weighted by Crippen LogP contribution is -2.49. The summed E-state index contributed by atoms with van der Waals surface area (Å²) < 4.78 is 5.12. The Kier molecular flexibility index (Phi) is 9.00. The maximum absolute atomic E-state index is 11.5. The number of aliphatic carboxylic acids is 1. The number of carboxylic acids is 1. The Morgan fingerprint density at radius 1 is 1.33 bits per heavy atom. The van der Waals surface area contributed by atoms with Gasteiger partial charge in [-0.25, -0.2) is 9.59 Å². The van der Waals surface area contributed by atoms with Gasteiger partial charge in [0.25, 0.3) is 0 Å². The molecule has 0 bridgehead atoms. The number of hydrogen-bond acceptors (Lipinski definition) is 3. The molecule has 2 amide bonds. The zero-order valence-corrected chi connectivity index (χ0v) is 11.4. The van der Waals surface area contributed by atoms with E-state index in [-0.39, 0.29) is 5.92 Å². The van der Waals surface area contributed by atoms with Gasteiger partial charge in [0, 0.05) is 19.8 Å². The molecule has 0 aliphatic carbocycles. The summed E-state index contributed by atoms with van der Waals surface area (Å²) in [6.45, 7) is 7.31. The number of hydrogen-bond donors (Lipinski definition) is 3. The molecule has 2 atom stereocenters. The highest BCUT2D eigenvalue weighted by atomic mass is 16.5. The zero-order chi connectivity index (χ0) is 14.0. The van der Waals surface area contributed by atoms with E-state index in [1.54, 1.807) is 6.92 Å². The summed E-state index contributed by atoms with van der Waals surface area (Å²) in [5.41, 5.74) is 0. The van der Waals surface area contributed by atoms with Gasteiger partial charge in [-0.2, -0.15) is 0 Å². The molecule has 0 aromatic rings.